The molecule has 0 atom stereocenters. The lowest BCUT2D eigenvalue weighted by Gasteiger charge is -2.15. The molecule has 0 aliphatic carbocycles. The first-order valence-electron chi connectivity index (χ1n) is 9.23. The number of esters is 1. The Bertz CT molecular complexity index is 1160. The van der Waals surface area contributed by atoms with Crippen LogP contribution in [0.3, 0.4) is 0 Å². The van der Waals surface area contributed by atoms with Crippen LogP contribution in [-0.2, 0) is 16.0 Å². The second-order valence-corrected chi connectivity index (χ2v) is 6.67. The van der Waals surface area contributed by atoms with Gasteiger partial charge in [-0.25, -0.2) is 9.18 Å². The van der Waals surface area contributed by atoms with E-state index in [2.05, 4.69) is 15.8 Å². The number of hydrogen-bond acceptors (Lipinski definition) is 6. The molecule has 0 aliphatic heterocycles. The first kappa shape index (κ1) is 21.7. The molecule has 0 saturated carbocycles. The lowest BCUT2D eigenvalue weighted by molar-refractivity contribution is -0.119. The van der Waals surface area contributed by atoms with Gasteiger partial charge in [0.25, 0.3) is 5.91 Å². The summed E-state index contributed by atoms with van der Waals surface area (Å²) in [7, 11) is 2.59. The molecule has 160 valence electrons. The molecule has 0 aliphatic rings. The summed E-state index contributed by atoms with van der Waals surface area (Å²) in [5.41, 5.74) is 6.50. The van der Waals surface area contributed by atoms with Crippen molar-refractivity contribution in [2.24, 2.45) is 0 Å². The molecule has 0 saturated heterocycles. The minimum Gasteiger partial charge on any atom is -0.494 e. The molecule has 0 unspecified atom stereocenters. The molecule has 1 heterocycles. The molecule has 0 radical (unpaired) electrons. The van der Waals surface area contributed by atoms with Crippen molar-refractivity contribution in [2.45, 2.75) is 13.3 Å². The summed E-state index contributed by atoms with van der Waals surface area (Å²) in [6.07, 6.45) is 2.03. The van der Waals surface area contributed by atoms with E-state index < -0.39 is 17.8 Å². The van der Waals surface area contributed by atoms with Crippen LogP contribution in [0, 0.1) is 5.82 Å². The lowest BCUT2D eigenvalue weighted by Crippen LogP contribution is -2.40. The standard InChI is InChI=1S/C22H20FN3O5/c1-12(27)25-26-21(28)17-10-18(22(29)31-3)20(30-2)19-16(17)9-14(11-24-19)8-13-4-6-15(23)7-5-13/h4-7,9-11H,8H2,1-3H3,(H,25,27)(H,26,28). The summed E-state index contributed by atoms with van der Waals surface area (Å²) in [6.45, 7) is 1.24. The number of halogens is 1. The second-order valence-electron chi connectivity index (χ2n) is 6.67. The Labute approximate surface area is 177 Å². The van der Waals surface area contributed by atoms with E-state index in [-0.39, 0.29) is 28.2 Å². The third-order valence-corrected chi connectivity index (χ3v) is 4.51. The Hall–Kier alpha value is -4.01. The fraction of sp³-hybridized carbons (Fsp3) is 0.182. The Morgan fingerprint density at radius 2 is 1.71 bits per heavy atom. The zero-order chi connectivity index (χ0) is 22.5. The minimum atomic E-state index is -0.704. The first-order chi connectivity index (χ1) is 14.8. The molecule has 2 amide bonds. The van der Waals surface area contributed by atoms with Crippen molar-refractivity contribution >= 4 is 28.7 Å². The van der Waals surface area contributed by atoms with Gasteiger partial charge >= 0.3 is 5.97 Å². The van der Waals surface area contributed by atoms with Gasteiger partial charge in [-0.3, -0.25) is 25.4 Å². The third kappa shape index (κ3) is 4.77. The van der Waals surface area contributed by atoms with Gasteiger partial charge in [-0.1, -0.05) is 12.1 Å². The maximum absolute atomic E-state index is 13.2. The van der Waals surface area contributed by atoms with Gasteiger partial charge in [0.15, 0.2) is 5.75 Å². The zero-order valence-electron chi connectivity index (χ0n) is 17.1. The van der Waals surface area contributed by atoms with E-state index in [1.807, 2.05) is 0 Å². The van der Waals surface area contributed by atoms with Crippen LogP contribution in [0.5, 0.6) is 5.75 Å². The fourth-order valence-corrected chi connectivity index (χ4v) is 3.11. The van der Waals surface area contributed by atoms with Gasteiger partial charge in [0.2, 0.25) is 5.91 Å². The molecule has 9 heteroatoms. The molecule has 3 rings (SSSR count). The average molecular weight is 425 g/mol. The van der Waals surface area contributed by atoms with E-state index in [1.165, 1.54) is 39.3 Å². The fourth-order valence-electron chi connectivity index (χ4n) is 3.11. The van der Waals surface area contributed by atoms with E-state index in [0.29, 0.717) is 11.8 Å². The van der Waals surface area contributed by atoms with E-state index in [4.69, 9.17) is 9.47 Å². The molecular weight excluding hydrogens is 405 g/mol. The number of rotatable bonds is 5. The molecule has 1 aromatic heterocycles. The normalized spacial score (nSPS) is 10.5. The number of ether oxygens (including phenoxy) is 2. The van der Waals surface area contributed by atoms with E-state index in [1.54, 1.807) is 24.4 Å². The number of benzene rings is 2. The summed E-state index contributed by atoms with van der Waals surface area (Å²) in [5, 5.41) is 0.409. The first-order valence-corrected chi connectivity index (χ1v) is 9.23. The molecule has 0 fully saturated rings. The SMILES string of the molecule is COC(=O)c1cc(C(=O)NNC(C)=O)c2cc(Cc3ccc(F)cc3)cnc2c1OC. The Morgan fingerprint density at radius 1 is 1.00 bits per heavy atom. The molecule has 0 spiro atoms. The summed E-state index contributed by atoms with van der Waals surface area (Å²) in [6, 6.07) is 9.10. The molecular formula is C22H20FN3O5. The maximum Gasteiger partial charge on any atom is 0.341 e. The van der Waals surface area contributed by atoms with Gasteiger partial charge in [-0.05, 0) is 41.8 Å². The highest BCUT2D eigenvalue weighted by Crippen LogP contribution is 2.32. The summed E-state index contributed by atoms with van der Waals surface area (Å²) in [4.78, 5) is 40.6. The van der Waals surface area contributed by atoms with Gasteiger partial charge in [0.05, 0.1) is 19.8 Å². The molecule has 8 nitrogen and oxygen atoms in total. The molecule has 2 N–H and O–H groups in total. The van der Waals surface area contributed by atoms with E-state index >= 15 is 0 Å². The van der Waals surface area contributed by atoms with Gasteiger partial charge in [0.1, 0.15) is 16.9 Å². The predicted octanol–water partition coefficient (Wildman–Crippen LogP) is 2.54. The van der Waals surface area contributed by atoms with Crippen LogP contribution in [0.15, 0.2) is 42.6 Å². The second kappa shape index (κ2) is 9.21. The monoisotopic (exact) mass is 425 g/mol. The minimum absolute atomic E-state index is 0.0178. The van der Waals surface area contributed by atoms with Crippen LogP contribution in [-0.4, -0.2) is 37.0 Å². The lowest BCUT2D eigenvalue weighted by atomic mass is 9.99. The van der Waals surface area contributed by atoms with Crippen molar-refractivity contribution in [1.29, 1.82) is 0 Å². The Balaban J connectivity index is 2.15. The number of amides is 2. The number of hydrazine groups is 1. The van der Waals surface area contributed by atoms with Gasteiger partial charge in [-0.15, -0.1) is 0 Å². The number of nitrogens with zero attached hydrogens (tertiary/aromatic N) is 1. The van der Waals surface area contributed by atoms with Crippen molar-refractivity contribution in [3.63, 3.8) is 0 Å². The Morgan fingerprint density at radius 3 is 2.32 bits per heavy atom. The number of pyridine rings is 1. The highest BCUT2D eigenvalue weighted by atomic mass is 19.1. The van der Waals surface area contributed by atoms with Gasteiger partial charge in [0, 0.05) is 18.5 Å². The molecule has 31 heavy (non-hydrogen) atoms. The topological polar surface area (TPSA) is 107 Å². The third-order valence-electron chi connectivity index (χ3n) is 4.51. The van der Waals surface area contributed by atoms with Crippen molar-refractivity contribution in [3.8, 4) is 5.75 Å². The predicted molar refractivity (Wildman–Crippen MR) is 110 cm³/mol. The average Bonchev–Trinajstić information content (AvgIpc) is 2.77. The van der Waals surface area contributed by atoms with E-state index in [9.17, 15) is 18.8 Å². The highest BCUT2D eigenvalue weighted by molar-refractivity contribution is 6.12. The molecule has 3 aromatic rings. The van der Waals surface area contributed by atoms with Crippen LogP contribution >= 0.6 is 0 Å². The quantitative estimate of drug-likeness (QED) is 0.481. The van der Waals surface area contributed by atoms with Crippen LogP contribution in [0.2, 0.25) is 0 Å². The largest absolute Gasteiger partial charge is 0.494 e. The number of aromatic nitrogens is 1. The van der Waals surface area contributed by atoms with Crippen LogP contribution in [0.1, 0.15) is 38.8 Å². The summed E-state index contributed by atoms with van der Waals surface area (Å²) < 4.78 is 23.4. The van der Waals surface area contributed by atoms with E-state index in [0.717, 1.165) is 11.1 Å². The maximum atomic E-state index is 13.2. The number of fused-ring (bicyclic) bond motifs is 1. The number of carbonyl (C=O) groups is 3. The van der Waals surface area contributed by atoms with Crippen LogP contribution < -0.4 is 15.6 Å². The van der Waals surface area contributed by atoms with Crippen LogP contribution in [0.25, 0.3) is 10.9 Å². The smallest absolute Gasteiger partial charge is 0.341 e. The van der Waals surface area contributed by atoms with Gasteiger partial charge < -0.3 is 9.47 Å². The number of methoxy groups -OCH3 is 2. The summed E-state index contributed by atoms with van der Waals surface area (Å²) >= 11 is 0. The molecule has 0 bridgehead atoms. The Kier molecular flexibility index (Phi) is 6.44. The molecule has 2 aromatic carbocycles. The zero-order valence-corrected chi connectivity index (χ0v) is 17.1. The number of nitrogens with one attached hydrogen (secondary N) is 2. The number of carbonyl (C=O) groups excluding carboxylic acids is 3. The van der Waals surface area contributed by atoms with Crippen molar-refractivity contribution in [3.05, 3.63) is 70.7 Å². The number of hydrogen-bond donors (Lipinski definition) is 2. The van der Waals surface area contributed by atoms with Crippen molar-refractivity contribution in [1.82, 2.24) is 15.8 Å². The summed E-state index contributed by atoms with van der Waals surface area (Å²) in [5.74, 6) is -1.99. The van der Waals surface area contributed by atoms with Crippen molar-refractivity contribution in [2.75, 3.05) is 14.2 Å². The van der Waals surface area contributed by atoms with Gasteiger partial charge in [-0.2, -0.15) is 0 Å². The van der Waals surface area contributed by atoms with Crippen LogP contribution in [0.4, 0.5) is 4.39 Å². The highest BCUT2D eigenvalue weighted by Gasteiger charge is 2.23. The van der Waals surface area contributed by atoms with Crippen molar-refractivity contribution < 1.29 is 28.2 Å².